The summed E-state index contributed by atoms with van der Waals surface area (Å²) in [5.41, 5.74) is 6.33. The van der Waals surface area contributed by atoms with Crippen LogP contribution in [0.4, 0.5) is 10.5 Å². The van der Waals surface area contributed by atoms with Crippen molar-refractivity contribution in [2.75, 3.05) is 5.32 Å². The van der Waals surface area contributed by atoms with Gasteiger partial charge in [-0.15, -0.1) is 0 Å². The minimum Gasteiger partial charge on any atom is -0.460 e. The Bertz CT molecular complexity index is 568. The van der Waals surface area contributed by atoms with Gasteiger partial charge in [0.1, 0.15) is 11.2 Å². The number of carbonyl (C=O) groups is 2. The Morgan fingerprint density at radius 2 is 1.50 bits per heavy atom. The average molecular weight is 336 g/mol. The van der Waals surface area contributed by atoms with E-state index in [4.69, 9.17) is 15.2 Å². The molecule has 1 rings (SSSR count). The molecule has 0 bridgehead atoms. The molecule has 0 saturated carbocycles. The van der Waals surface area contributed by atoms with Crippen molar-refractivity contribution in [2.45, 2.75) is 65.2 Å². The van der Waals surface area contributed by atoms with Gasteiger partial charge >= 0.3 is 12.1 Å². The lowest BCUT2D eigenvalue weighted by Gasteiger charge is -2.21. The summed E-state index contributed by atoms with van der Waals surface area (Å²) in [6.07, 6.45) is -0.427. The van der Waals surface area contributed by atoms with Gasteiger partial charge in [-0.05, 0) is 59.2 Å². The van der Waals surface area contributed by atoms with Gasteiger partial charge in [0, 0.05) is 11.7 Å². The lowest BCUT2D eigenvalue weighted by Crippen LogP contribution is -2.27. The standard InChI is InChI=1S/C18H28N2O4/c1-17(2,3)23-15(21)11-14(19)12-7-9-13(10-8-12)20-16(22)24-18(4,5)6/h7-10,14H,11,19H2,1-6H3,(H,20,22)/t14-/m1/s1. The van der Waals surface area contributed by atoms with E-state index >= 15 is 0 Å². The highest BCUT2D eigenvalue weighted by molar-refractivity contribution is 5.84. The van der Waals surface area contributed by atoms with Gasteiger partial charge in [0.2, 0.25) is 0 Å². The number of nitrogens with one attached hydrogen (secondary N) is 1. The molecule has 0 aliphatic heterocycles. The highest BCUT2D eigenvalue weighted by Crippen LogP contribution is 2.20. The summed E-state index contributed by atoms with van der Waals surface area (Å²) in [4.78, 5) is 23.5. The van der Waals surface area contributed by atoms with E-state index in [0.717, 1.165) is 5.56 Å². The van der Waals surface area contributed by atoms with Crippen LogP contribution in [0, 0.1) is 0 Å². The van der Waals surface area contributed by atoms with E-state index in [9.17, 15) is 9.59 Å². The van der Waals surface area contributed by atoms with E-state index < -0.39 is 23.3 Å². The largest absolute Gasteiger partial charge is 0.460 e. The molecule has 134 valence electrons. The van der Waals surface area contributed by atoms with Crippen LogP contribution in [-0.2, 0) is 14.3 Å². The number of benzene rings is 1. The molecule has 1 atom stereocenters. The Morgan fingerprint density at radius 3 is 1.96 bits per heavy atom. The van der Waals surface area contributed by atoms with Crippen LogP contribution in [0.15, 0.2) is 24.3 Å². The van der Waals surface area contributed by atoms with Gasteiger partial charge in [0.05, 0.1) is 6.42 Å². The first-order chi connectivity index (χ1) is 10.9. The van der Waals surface area contributed by atoms with Crippen molar-refractivity contribution in [3.8, 4) is 0 Å². The van der Waals surface area contributed by atoms with E-state index in [1.54, 1.807) is 45.0 Å². The molecule has 0 spiro atoms. The predicted octanol–water partition coefficient (Wildman–Crippen LogP) is 3.77. The number of esters is 1. The monoisotopic (exact) mass is 336 g/mol. The number of nitrogens with two attached hydrogens (primary N) is 1. The van der Waals surface area contributed by atoms with Gasteiger partial charge in [-0.3, -0.25) is 10.1 Å². The fourth-order valence-corrected chi connectivity index (χ4v) is 1.92. The molecule has 1 aromatic carbocycles. The topological polar surface area (TPSA) is 90.6 Å². The third-order valence-corrected chi connectivity index (χ3v) is 2.79. The number of hydrogen-bond donors (Lipinski definition) is 2. The van der Waals surface area contributed by atoms with Crippen molar-refractivity contribution >= 4 is 17.7 Å². The first kappa shape index (κ1) is 20.0. The van der Waals surface area contributed by atoms with Crippen molar-refractivity contribution in [2.24, 2.45) is 5.73 Å². The zero-order chi connectivity index (χ0) is 18.5. The van der Waals surface area contributed by atoms with E-state index in [0.29, 0.717) is 5.69 Å². The van der Waals surface area contributed by atoms with Crippen molar-refractivity contribution in [3.63, 3.8) is 0 Å². The van der Waals surface area contributed by atoms with Crippen molar-refractivity contribution in [1.82, 2.24) is 0 Å². The van der Waals surface area contributed by atoms with Crippen LogP contribution in [0.3, 0.4) is 0 Å². The maximum Gasteiger partial charge on any atom is 0.412 e. The quantitative estimate of drug-likeness (QED) is 0.817. The highest BCUT2D eigenvalue weighted by Gasteiger charge is 2.20. The van der Waals surface area contributed by atoms with Crippen LogP contribution >= 0.6 is 0 Å². The second-order valence-electron chi connectivity index (χ2n) is 7.65. The first-order valence-electron chi connectivity index (χ1n) is 7.93. The lowest BCUT2D eigenvalue weighted by atomic mass is 10.0. The molecule has 0 radical (unpaired) electrons. The second-order valence-corrected chi connectivity index (χ2v) is 7.65. The Labute approximate surface area is 143 Å². The Hall–Kier alpha value is -2.08. The van der Waals surface area contributed by atoms with E-state index in [1.165, 1.54) is 0 Å². The SMILES string of the molecule is CC(C)(C)OC(=O)C[C@@H](N)c1ccc(NC(=O)OC(C)(C)C)cc1. The predicted molar refractivity (Wildman–Crippen MR) is 93.7 cm³/mol. The van der Waals surface area contributed by atoms with Crippen molar-refractivity contribution < 1.29 is 19.1 Å². The van der Waals surface area contributed by atoms with Crippen molar-refractivity contribution in [3.05, 3.63) is 29.8 Å². The normalized spacial score (nSPS) is 13.1. The number of amides is 1. The maximum absolute atomic E-state index is 11.8. The molecule has 0 aliphatic rings. The van der Waals surface area contributed by atoms with Gasteiger partial charge in [-0.25, -0.2) is 4.79 Å². The molecule has 1 amide bonds. The van der Waals surface area contributed by atoms with Crippen LogP contribution in [-0.4, -0.2) is 23.3 Å². The second kappa shape index (κ2) is 7.66. The fraction of sp³-hybridized carbons (Fsp3) is 0.556. The molecule has 0 fully saturated rings. The molecular formula is C18H28N2O4. The van der Waals surface area contributed by atoms with E-state index in [1.807, 2.05) is 20.8 Å². The van der Waals surface area contributed by atoms with E-state index in [-0.39, 0.29) is 12.4 Å². The molecule has 0 aliphatic carbocycles. The Morgan fingerprint density at radius 1 is 1.00 bits per heavy atom. The molecule has 1 aromatic rings. The summed E-state index contributed by atoms with van der Waals surface area (Å²) in [6.45, 7) is 10.8. The van der Waals surface area contributed by atoms with Gasteiger partial charge in [-0.1, -0.05) is 12.1 Å². The van der Waals surface area contributed by atoms with Crippen LogP contribution in [0.1, 0.15) is 59.6 Å². The number of ether oxygens (including phenoxy) is 2. The van der Waals surface area contributed by atoms with Crippen molar-refractivity contribution in [1.29, 1.82) is 0 Å². The molecular weight excluding hydrogens is 308 g/mol. The van der Waals surface area contributed by atoms with Gasteiger partial charge in [0.25, 0.3) is 0 Å². The minimum absolute atomic E-state index is 0.0934. The zero-order valence-corrected chi connectivity index (χ0v) is 15.3. The summed E-state index contributed by atoms with van der Waals surface area (Å²) in [5, 5.41) is 2.64. The summed E-state index contributed by atoms with van der Waals surface area (Å²) in [6, 6.07) is 6.50. The molecule has 6 heteroatoms. The summed E-state index contributed by atoms with van der Waals surface area (Å²) in [5.74, 6) is -0.342. The highest BCUT2D eigenvalue weighted by atomic mass is 16.6. The molecule has 6 nitrogen and oxygen atoms in total. The molecule has 24 heavy (non-hydrogen) atoms. The van der Waals surface area contributed by atoms with Crippen LogP contribution in [0.25, 0.3) is 0 Å². The fourth-order valence-electron chi connectivity index (χ4n) is 1.92. The number of anilines is 1. The molecule has 0 heterocycles. The molecule has 0 aromatic heterocycles. The van der Waals surface area contributed by atoms with Gasteiger partial charge in [-0.2, -0.15) is 0 Å². The average Bonchev–Trinajstić information content (AvgIpc) is 2.34. The van der Waals surface area contributed by atoms with E-state index in [2.05, 4.69) is 5.32 Å². The first-order valence-corrected chi connectivity index (χ1v) is 7.93. The number of rotatable bonds is 4. The van der Waals surface area contributed by atoms with Crippen LogP contribution < -0.4 is 11.1 Å². The van der Waals surface area contributed by atoms with Crippen LogP contribution in [0.5, 0.6) is 0 Å². The Kier molecular flexibility index (Phi) is 6.37. The van der Waals surface area contributed by atoms with Gasteiger partial charge in [0.15, 0.2) is 0 Å². The molecule has 0 unspecified atom stereocenters. The zero-order valence-electron chi connectivity index (χ0n) is 15.3. The Balaban J connectivity index is 2.60. The smallest absolute Gasteiger partial charge is 0.412 e. The molecule has 0 saturated heterocycles. The van der Waals surface area contributed by atoms with Crippen LogP contribution in [0.2, 0.25) is 0 Å². The number of hydrogen-bond acceptors (Lipinski definition) is 5. The maximum atomic E-state index is 11.8. The summed E-state index contributed by atoms with van der Waals surface area (Å²) >= 11 is 0. The third kappa shape index (κ3) is 7.97. The minimum atomic E-state index is -0.556. The molecule has 3 N–H and O–H groups in total. The summed E-state index contributed by atoms with van der Waals surface area (Å²) in [7, 11) is 0. The number of carbonyl (C=O) groups excluding carboxylic acids is 2. The summed E-state index contributed by atoms with van der Waals surface area (Å²) < 4.78 is 10.4. The van der Waals surface area contributed by atoms with Gasteiger partial charge < -0.3 is 15.2 Å². The lowest BCUT2D eigenvalue weighted by molar-refractivity contribution is -0.155. The third-order valence-electron chi connectivity index (χ3n) is 2.79.